The van der Waals surface area contributed by atoms with E-state index in [-0.39, 0.29) is 0 Å². The van der Waals surface area contributed by atoms with E-state index >= 15 is 0 Å². The number of benzene rings is 1. The summed E-state index contributed by atoms with van der Waals surface area (Å²) in [4.78, 5) is 0. The van der Waals surface area contributed by atoms with Gasteiger partial charge in [0.2, 0.25) is 0 Å². The van der Waals surface area contributed by atoms with Gasteiger partial charge in [-0.2, -0.15) is 0 Å². The molecule has 0 amide bonds. The van der Waals surface area contributed by atoms with Crippen LogP contribution in [0.1, 0.15) is 31.2 Å². The fourth-order valence-corrected chi connectivity index (χ4v) is 4.72. The molecule has 2 nitrogen and oxygen atoms in total. The molecule has 17 heavy (non-hydrogen) atoms. The summed E-state index contributed by atoms with van der Waals surface area (Å²) in [5.41, 5.74) is 7.64. The molecule has 2 rings (SSSR count). The van der Waals surface area contributed by atoms with Crippen LogP contribution in [-0.2, 0) is 16.6 Å². The lowest BCUT2D eigenvalue weighted by Gasteiger charge is -2.11. The first kappa shape index (κ1) is 13.1. The molecule has 4 heteroatoms. The fourth-order valence-electron chi connectivity index (χ4n) is 2.39. The molecule has 0 radical (unpaired) electrons. The molecule has 0 aliphatic heterocycles. The van der Waals surface area contributed by atoms with E-state index in [1.54, 1.807) is 0 Å². The number of anilines is 1. The average Bonchev–Trinajstić information content (AvgIpc) is 2.76. The Balaban J connectivity index is 1.97. The molecule has 94 valence electrons. The van der Waals surface area contributed by atoms with Crippen molar-refractivity contribution in [3.05, 3.63) is 28.2 Å². The minimum atomic E-state index is -0.791. The number of nitrogen functional groups attached to an aromatic ring is 1. The smallest absolute Gasteiger partial charge is 0.0517 e. The van der Waals surface area contributed by atoms with Crippen LogP contribution in [0.4, 0.5) is 5.69 Å². The fraction of sp³-hybridized carbons (Fsp3) is 0.538. The molecule has 1 unspecified atom stereocenters. The maximum Gasteiger partial charge on any atom is 0.0517 e. The summed E-state index contributed by atoms with van der Waals surface area (Å²) in [6.45, 7) is 0. The first-order valence-corrected chi connectivity index (χ1v) is 8.33. The summed E-state index contributed by atoms with van der Waals surface area (Å²) in [6, 6.07) is 5.73. The van der Waals surface area contributed by atoms with Crippen molar-refractivity contribution in [3.8, 4) is 0 Å². The van der Waals surface area contributed by atoms with Gasteiger partial charge in [0.25, 0.3) is 0 Å². The molecule has 0 saturated heterocycles. The van der Waals surface area contributed by atoms with Crippen LogP contribution in [-0.4, -0.2) is 9.96 Å². The Morgan fingerprint density at radius 3 is 2.71 bits per heavy atom. The van der Waals surface area contributed by atoms with Gasteiger partial charge < -0.3 is 5.73 Å². The van der Waals surface area contributed by atoms with Gasteiger partial charge in [-0.3, -0.25) is 4.21 Å². The Kier molecular flexibility index (Phi) is 4.62. The van der Waals surface area contributed by atoms with Crippen molar-refractivity contribution in [1.29, 1.82) is 0 Å². The summed E-state index contributed by atoms with van der Waals surface area (Å²) in [5.74, 6) is 2.07. The Morgan fingerprint density at radius 1 is 1.35 bits per heavy atom. The predicted octanol–water partition coefficient (Wildman–Crippen LogP) is 3.47. The second kappa shape index (κ2) is 6.01. The van der Waals surface area contributed by atoms with E-state index in [1.807, 2.05) is 18.2 Å². The molecule has 1 aromatic rings. The zero-order valence-electron chi connectivity index (χ0n) is 9.82. The summed E-state index contributed by atoms with van der Waals surface area (Å²) in [6.07, 6.45) is 5.10. The molecule has 0 aromatic heterocycles. The van der Waals surface area contributed by atoms with Gasteiger partial charge >= 0.3 is 0 Å². The second-order valence-electron chi connectivity index (χ2n) is 4.71. The molecule has 0 heterocycles. The Labute approximate surface area is 114 Å². The molecule has 1 aromatic carbocycles. The van der Waals surface area contributed by atoms with Crippen molar-refractivity contribution >= 4 is 32.4 Å². The minimum Gasteiger partial charge on any atom is -0.398 e. The molecule has 1 saturated carbocycles. The number of halogens is 1. The lowest BCUT2D eigenvalue weighted by molar-refractivity contribution is 0.604. The van der Waals surface area contributed by atoms with Gasteiger partial charge in [-0.25, -0.2) is 0 Å². The van der Waals surface area contributed by atoms with Gasteiger partial charge in [-0.1, -0.05) is 34.8 Å². The highest BCUT2D eigenvalue weighted by molar-refractivity contribution is 9.10. The van der Waals surface area contributed by atoms with Crippen LogP contribution in [0.15, 0.2) is 22.7 Å². The van der Waals surface area contributed by atoms with Crippen LogP contribution < -0.4 is 5.73 Å². The summed E-state index contributed by atoms with van der Waals surface area (Å²) < 4.78 is 13.1. The van der Waals surface area contributed by atoms with E-state index in [1.165, 1.54) is 25.7 Å². The Hall–Kier alpha value is -0.350. The third-order valence-electron chi connectivity index (χ3n) is 3.36. The largest absolute Gasteiger partial charge is 0.398 e. The Morgan fingerprint density at radius 2 is 2.06 bits per heavy atom. The highest BCUT2D eigenvalue weighted by Crippen LogP contribution is 2.28. The normalized spacial score (nSPS) is 18.4. The molecular formula is C13H18BrNOS. The molecule has 0 spiro atoms. The van der Waals surface area contributed by atoms with Crippen LogP contribution in [0.2, 0.25) is 0 Å². The SMILES string of the molecule is Nc1cccc(Br)c1CS(=O)CC1CCCC1. The van der Waals surface area contributed by atoms with Crippen LogP contribution >= 0.6 is 15.9 Å². The maximum atomic E-state index is 12.1. The minimum absolute atomic E-state index is 0.573. The predicted molar refractivity (Wildman–Crippen MR) is 77.2 cm³/mol. The zero-order chi connectivity index (χ0) is 12.3. The lowest BCUT2D eigenvalue weighted by Crippen LogP contribution is -2.10. The molecule has 1 fully saturated rings. The number of nitrogens with two attached hydrogens (primary N) is 1. The van der Waals surface area contributed by atoms with Gasteiger partial charge in [0.05, 0.1) is 5.75 Å². The quantitative estimate of drug-likeness (QED) is 0.864. The van der Waals surface area contributed by atoms with Crippen LogP contribution in [0.3, 0.4) is 0 Å². The van der Waals surface area contributed by atoms with E-state index in [4.69, 9.17) is 5.73 Å². The second-order valence-corrected chi connectivity index (χ2v) is 7.06. The van der Waals surface area contributed by atoms with Crippen LogP contribution in [0, 0.1) is 5.92 Å². The van der Waals surface area contributed by atoms with Crippen LogP contribution in [0.5, 0.6) is 0 Å². The maximum absolute atomic E-state index is 12.1. The first-order chi connectivity index (χ1) is 8.16. The van der Waals surface area contributed by atoms with Gasteiger partial charge in [0.1, 0.15) is 0 Å². The van der Waals surface area contributed by atoms with Gasteiger partial charge in [0.15, 0.2) is 0 Å². The highest BCUT2D eigenvalue weighted by Gasteiger charge is 2.18. The molecule has 1 aliphatic carbocycles. The van der Waals surface area contributed by atoms with Crippen LogP contribution in [0.25, 0.3) is 0 Å². The first-order valence-electron chi connectivity index (χ1n) is 6.04. The zero-order valence-corrected chi connectivity index (χ0v) is 12.2. The van der Waals surface area contributed by atoms with E-state index in [2.05, 4.69) is 15.9 Å². The van der Waals surface area contributed by atoms with Crippen molar-refractivity contribution in [2.45, 2.75) is 31.4 Å². The van der Waals surface area contributed by atoms with Crippen molar-refractivity contribution in [1.82, 2.24) is 0 Å². The standard InChI is InChI=1S/C13H18BrNOS/c14-12-6-3-7-13(15)11(12)9-17(16)8-10-4-1-2-5-10/h3,6-7,10H,1-2,4-5,8-9,15H2. The Bertz CT molecular complexity index is 396. The highest BCUT2D eigenvalue weighted by atomic mass is 79.9. The van der Waals surface area contributed by atoms with Gasteiger partial charge in [-0.05, 0) is 30.9 Å². The van der Waals surface area contributed by atoms with Crippen molar-refractivity contribution < 1.29 is 4.21 Å². The summed E-state index contributed by atoms with van der Waals surface area (Å²) in [7, 11) is -0.791. The third-order valence-corrected chi connectivity index (χ3v) is 5.55. The number of rotatable bonds is 4. The molecule has 1 aliphatic rings. The average molecular weight is 316 g/mol. The number of hydrogen-bond acceptors (Lipinski definition) is 2. The van der Waals surface area contributed by atoms with Crippen molar-refractivity contribution in [3.63, 3.8) is 0 Å². The van der Waals surface area contributed by atoms with E-state index in [0.29, 0.717) is 11.7 Å². The summed E-state index contributed by atoms with van der Waals surface area (Å²) in [5, 5.41) is 0. The third kappa shape index (κ3) is 3.55. The van der Waals surface area contributed by atoms with Crippen molar-refractivity contribution in [2.24, 2.45) is 5.92 Å². The van der Waals surface area contributed by atoms with E-state index in [0.717, 1.165) is 21.5 Å². The monoisotopic (exact) mass is 315 g/mol. The van der Waals surface area contributed by atoms with E-state index < -0.39 is 10.8 Å². The molecular weight excluding hydrogens is 298 g/mol. The lowest BCUT2D eigenvalue weighted by atomic mass is 10.1. The van der Waals surface area contributed by atoms with Crippen molar-refractivity contribution in [2.75, 3.05) is 11.5 Å². The topological polar surface area (TPSA) is 43.1 Å². The van der Waals surface area contributed by atoms with Gasteiger partial charge in [0, 0.05) is 32.3 Å². The van der Waals surface area contributed by atoms with E-state index in [9.17, 15) is 4.21 Å². The molecule has 1 atom stereocenters. The van der Waals surface area contributed by atoms with Gasteiger partial charge in [-0.15, -0.1) is 0 Å². The number of hydrogen-bond donors (Lipinski definition) is 1. The summed E-state index contributed by atoms with van der Waals surface area (Å²) >= 11 is 3.47. The molecule has 2 N–H and O–H groups in total. The molecule has 0 bridgehead atoms.